The molecular weight excluding hydrogens is 236 g/mol. The summed E-state index contributed by atoms with van der Waals surface area (Å²) in [5.41, 5.74) is -0.334. The van der Waals surface area contributed by atoms with Gasteiger partial charge in [0.1, 0.15) is 0 Å². The van der Waals surface area contributed by atoms with Crippen LogP contribution in [-0.4, -0.2) is 47.7 Å². The van der Waals surface area contributed by atoms with Gasteiger partial charge in [0.05, 0.1) is 30.3 Å². The van der Waals surface area contributed by atoms with Crippen LogP contribution in [0, 0.1) is 5.41 Å². The molecule has 0 aromatic carbocycles. The third-order valence-corrected chi connectivity index (χ3v) is 4.58. The topological polar surface area (TPSA) is 44.8 Å². The number of hydrogen-bond acceptors (Lipinski definition) is 4. The molecule has 1 spiro atoms. The Morgan fingerprint density at radius 3 is 3.00 bits per heavy atom. The van der Waals surface area contributed by atoms with E-state index in [0.717, 1.165) is 38.3 Å². The Bertz CT molecular complexity index is 322. The molecule has 0 aromatic rings. The first-order valence-corrected chi connectivity index (χ1v) is 7.06. The first-order chi connectivity index (χ1) is 8.26. The number of esters is 1. The molecule has 3 heterocycles. The van der Waals surface area contributed by atoms with Crippen molar-refractivity contribution in [3.8, 4) is 0 Å². The minimum atomic E-state index is -0.334. The molecule has 3 rings (SSSR count). The number of carbonyl (C=O) groups is 1. The maximum atomic E-state index is 11.8. The minimum Gasteiger partial charge on any atom is -0.465 e. The SMILES string of the molecule is O=C1OCCC12CC1OC2CC1OCCC[Si]. The standard InChI is InChI=1S/C12H17O4Si/c13-11-12(2-4-15-11)7-9-8(6-10(12)16-9)14-3-1-5-17/h8-10H,1-7H2. The lowest BCUT2D eigenvalue weighted by Gasteiger charge is -2.29. The van der Waals surface area contributed by atoms with Crippen molar-refractivity contribution in [2.75, 3.05) is 13.2 Å². The van der Waals surface area contributed by atoms with Crippen LogP contribution >= 0.6 is 0 Å². The second kappa shape index (κ2) is 4.37. The Hall–Kier alpha value is -0.393. The molecule has 93 valence electrons. The molecule has 0 N–H and O–H groups in total. The lowest BCUT2D eigenvalue weighted by molar-refractivity contribution is -0.149. The van der Waals surface area contributed by atoms with Gasteiger partial charge < -0.3 is 14.2 Å². The molecular formula is C12H17O4Si. The Kier molecular flexibility index (Phi) is 3.00. The van der Waals surface area contributed by atoms with Gasteiger partial charge in [-0.05, 0) is 12.8 Å². The summed E-state index contributed by atoms with van der Waals surface area (Å²) >= 11 is 0. The van der Waals surface area contributed by atoms with Gasteiger partial charge in [0.25, 0.3) is 0 Å². The van der Waals surface area contributed by atoms with Crippen LogP contribution in [0.3, 0.4) is 0 Å². The van der Waals surface area contributed by atoms with Crippen molar-refractivity contribution in [1.29, 1.82) is 0 Å². The zero-order valence-electron chi connectivity index (χ0n) is 9.81. The highest BCUT2D eigenvalue weighted by atomic mass is 28.1. The molecule has 5 heteroatoms. The van der Waals surface area contributed by atoms with Gasteiger partial charge in [0.2, 0.25) is 0 Å². The van der Waals surface area contributed by atoms with E-state index in [0.29, 0.717) is 6.61 Å². The van der Waals surface area contributed by atoms with Gasteiger partial charge in [-0.15, -0.1) is 0 Å². The van der Waals surface area contributed by atoms with Gasteiger partial charge >= 0.3 is 5.97 Å². The maximum absolute atomic E-state index is 11.8. The number of rotatable bonds is 4. The number of fused-ring (bicyclic) bond motifs is 3. The van der Waals surface area contributed by atoms with Crippen molar-refractivity contribution >= 4 is 16.2 Å². The highest BCUT2D eigenvalue weighted by molar-refractivity contribution is 6.08. The van der Waals surface area contributed by atoms with Crippen molar-refractivity contribution in [3.05, 3.63) is 0 Å². The highest BCUT2D eigenvalue weighted by Crippen LogP contribution is 2.53. The zero-order valence-corrected chi connectivity index (χ0v) is 10.8. The van der Waals surface area contributed by atoms with Crippen molar-refractivity contribution in [2.24, 2.45) is 5.41 Å². The summed E-state index contributed by atoms with van der Waals surface area (Å²) in [5, 5.41) is 0. The van der Waals surface area contributed by atoms with Crippen LogP contribution in [-0.2, 0) is 19.0 Å². The fourth-order valence-corrected chi connectivity index (χ4v) is 3.42. The van der Waals surface area contributed by atoms with Crippen LogP contribution < -0.4 is 0 Å². The van der Waals surface area contributed by atoms with E-state index in [1.165, 1.54) is 0 Å². The third-order valence-electron chi connectivity index (χ3n) is 4.22. The van der Waals surface area contributed by atoms with Crippen LogP contribution in [0.15, 0.2) is 0 Å². The van der Waals surface area contributed by atoms with E-state index in [2.05, 4.69) is 10.2 Å². The molecule has 0 aliphatic carbocycles. The Morgan fingerprint density at radius 1 is 1.53 bits per heavy atom. The minimum absolute atomic E-state index is 0.0241. The van der Waals surface area contributed by atoms with Crippen LogP contribution in [0.25, 0.3) is 0 Å². The van der Waals surface area contributed by atoms with E-state index in [-0.39, 0.29) is 29.7 Å². The molecule has 4 unspecified atom stereocenters. The van der Waals surface area contributed by atoms with E-state index in [1.807, 2.05) is 0 Å². The lowest BCUT2D eigenvalue weighted by atomic mass is 9.72. The largest absolute Gasteiger partial charge is 0.465 e. The quantitative estimate of drug-likeness (QED) is 0.423. The summed E-state index contributed by atoms with van der Waals surface area (Å²) in [4.78, 5) is 11.8. The molecule has 4 nitrogen and oxygen atoms in total. The molecule has 3 aliphatic rings. The molecule has 0 aromatic heterocycles. The van der Waals surface area contributed by atoms with E-state index in [1.54, 1.807) is 0 Å². The first kappa shape index (κ1) is 11.7. The molecule has 0 amide bonds. The summed E-state index contributed by atoms with van der Waals surface area (Å²) < 4.78 is 16.8. The monoisotopic (exact) mass is 253 g/mol. The second-order valence-corrected chi connectivity index (χ2v) is 5.66. The molecule has 3 radical (unpaired) electrons. The molecule has 17 heavy (non-hydrogen) atoms. The van der Waals surface area contributed by atoms with Crippen LogP contribution in [0.5, 0.6) is 0 Å². The Balaban J connectivity index is 1.60. The Morgan fingerprint density at radius 2 is 2.41 bits per heavy atom. The average Bonchev–Trinajstić information content (AvgIpc) is 2.96. The molecule has 3 fully saturated rings. The van der Waals surface area contributed by atoms with Gasteiger partial charge in [-0.3, -0.25) is 4.79 Å². The van der Waals surface area contributed by atoms with E-state index < -0.39 is 0 Å². The zero-order chi connectivity index (χ0) is 11.9. The van der Waals surface area contributed by atoms with E-state index in [9.17, 15) is 4.79 Å². The van der Waals surface area contributed by atoms with E-state index >= 15 is 0 Å². The summed E-state index contributed by atoms with van der Waals surface area (Å²) in [5.74, 6) is -0.0522. The fourth-order valence-electron chi connectivity index (χ4n) is 3.27. The van der Waals surface area contributed by atoms with Gasteiger partial charge in [-0.25, -0.2) is 0 Å². The smallest absolute Gasteiger partial charge is 0.314 e. The second-order valence-electron chi connectivity index (χ2n) is 5.16. The average molecular weight is 253 g/mol. The number of hydrogen-bond donors (Lipinski definition) is 0. The normalized spacial score (nSPS) is 43.6. The van der Waals surface area contributed by atoms with Crippen molar-refractivity contribution < 1.29 is 19.0 Å². The van der Waals surface area contributed by atoms with Gasteiger partial charge in [-0.1, -0.05) is 6.04 Å². The molecule has 3 saturated heterocycles. The number of ether oxygens (including phenoxy) is 3. The fraction of sp³-hybridized carbons (Fsp3) is 0.917. The predicted molar refractivity (Wildman–Crippen MR) is 60.8 cm³/mol. The summed E-state index contributed by atoms with van der Waals surface area (Å²) in [7, 11) is 3.43. The number of carbonyl (C=O) groups excluding carboxylic acids is 1. The first-order valence-electron chi connectivity index (χ1n) is 6.35. The molecule has 3 aliphatic heterocycles. The summed E-state index contributed by atoms with van der Waals surface area (Å²) in [6, 6.07) is 0.956. The lowest BCUT2D eigenvalue weighted by Crippen LogP contribution is -2.41. The summed E-state index contributed by atoms with van der Waals surface area (Å²) in [6.07, 6.45) is 3.77. The van der Waals surface area contributed by atoms with Crippen molar-refractivity contribution in [2.45, 2.75) is 50.0 Å². The number of cyclic esters (lactones) is 1. The molecule has 4 atom stereocenters. The molecule has 0 saturated carbocycles. The van der Waals surface area contributed by atoms with Gasteiger partial charge in [-0.2, -0.15) is 0 Å². The molecule has 2 bridgehead atoms. The van der Waals surface area contributed by atoms with Crippen LogP contribution in [0.2, 0.25) is 6.04 Å². The van der Waals surface area contributed by atoms with Gasteiger partial charge in [0.15, 0.2) is 0 Å². The van der Waals surface area contributed by atoms with Crippen molar-refractivity contribution in [1.82, 2.24) is 0 Å². The highest BCUT2D eigenvalue weighted by Gasteiger charge is 2.63. The van der Waals surface area contributed by atoms with Crippen LogP contribution in [0.1, 0.15) is 25.7 Å². The van der Waals surface area contributed by atoms with Crippen LogP contribution in [0.4, 0.5) is 0 Å². The van der Waals surface area contributed by atoms with Gasteiger partial charge in [0, 0.05) is 29.7 Å². The maximum Gasteiger partial charge on any atom is 0.314 e. The Labute approximate surface area is 104 Å². The predicted octanol–water partition coefficient (Wildman–Crippen LogP) is 0.843. The van der Waals surface area contributed by atoms with E-state index in [4.69, 9.17) is 14.2 Å². The summed E-state index contributed by atoms with van der Waals surface area (Å²) in [6.45, 7) is 1.32. The van der Waals surface area contributed by atoms with Crippen molar-refractivity contribution in [3.63, 3.8) is 0 Å². The third kappa shape index (κ3) is 1.75.